The van der Waals surface area contributed by atoms with E-state index in [-0.39, 0.29) is 16.5 Å². The summed E-state index contributed by atoms with van der Waals surface area (Å²) in [6.45, 7) is 2.09. The number of ether oxygens (including phenoxy) is 3. The van der Waals surface area contributed by atoms with Gasteiger partial charge in [0.05, 0.1) is 19.1 Å². The van der Waals surface area contributed by atoms with Crippen molar-refractivity contribution in [2.75, 3.05) is 18.9 Å². The summed E-state index contributed by atoms with van der Waals surface area (Å²) in [6.07, 6.45) is 4.61. The van der Waals surface area contributed by atoms with Crippen LogP contribution in [-0.2, 0) is 22.9 Å². The summed E-state index contributed by atoms with van der Waals surface area (Å²) >= 11 is 0. The molecule has 0 fully saturated rings. The van der Waals surface area contributed by atoms with E-state index < -0.39 is 10.0 Å². The molecule has 162 valence electrons. The van der Waals surface area contributed by atoms with Crippen LogP contribution >= 0.6 is 0 Å². The number of sulfonamides is 1. The lowest BCUT2D eigenvalue weighted by Crippen LogP contribution is -2.14. The second-order valence-electron chi connectivity index (χ2n) is 7.27. The Morgan fingerprint density at radius 1 is 0.935 bits per heavy atom. The van der Waals surface area contributed by atoms with Gasteiger partial charge in [-0.2, -0.15) is 0 Å². The van der Waals surface area contributed by atoms with E-state index in [1.165, 1.54) is 43.0 Å². The van der Waals surface area contributed by atoms with Crippen molar-refractivity contribution in [2.45, 2.75) is 31.1 Å². The summed E-state index contributed by atoms with van der Waals surface area (Å²) in [5, 5.41) is 0. The number of methoxy groups -OCH3 is 2. The molecule has 0 amide bonds. The molecule has 1 heterocycles. The molecule has 0 aliphatic heterocycles. The van der Waals surface area contributed by atoms with Gasteiger partial charge in [0.25, 0.3) is 10.0 Å². The first kappa shape index (κ1) is 21.0. The van der Waals surface area contributed by atoms with Crippen LogP contribution in [0.4, 0.5) is 5.69 Å². The average molecular weight is 441 g/mol. The second kappa shape index (κ2) is 8.47. The van der Waals surface area contributed by atoms with Crippen LogP contribution in [0.3, 0.4) is 0 Å². The van der Waals surface area contributed by atoms with E-state index in [4.69, 9.17) is 14.2 Å². The fourth-order valence-corrected chi connectivity index (χ4v) is 4.86. The smallest absolute Gasteiger partial charge is 0.262 e. The molecule has 1 N–H and O–H groups in total. The Bertz CT molecular complexity index is 1220. The maximum atomic E-state index is 13.0. The number of pyridine rings is 1. The number of anilines is 1. The highest BCUT2D eigenvalue weighted by Crippen LogP contribution is 2.37. The fraction of sp³-hybridized carbons (Fsp3) is 0.261. The predicted octanol–water partition coefficient (Wildman–Crippen LogP) is 4.49. The van der Waals surface area contributed by atoms with Crippen molar-refractivity contribution in [3.05, 3.63) is 65.4 Å². The number of nitrogens with one attached hydrogen (secondary N) is 1. The van der Waals surface area contributed by atoms with Gasteiger partial charge in [-0.3, -0.25) is 4.72 Å². The maximum Gasteiger partial charge on any atom is 0.262 e. The Labute approximate surface area is 182 Å². The van der Waals surface area contributed by atoms with E-state index in [2.05, 4.69) is 16.6 Å². The van der Waals surface area contributed by atoms with Crippen LogP contribution < -0.4 is 18.9 Å². The maximum absolute atomic E-state index is 13.0. The van der Waals surface area contributed by atoms with E-state index in [9.17, 15) is 8.42 Å². The van der Waals surface area contributed by atoms with Gasteiger partial charge >= 0.3 is 0 Å². The van der Waals surface area contributed by atoms with Crippen molar-refractivity contribution in [1.82, 2.24) is 4.98 Å². The first-order valence-corrected chi connectivity index (χ1v) is 11.4. The molecule has 7 nitrogen and oxygen atoms in total. The second-order valence-corrected chi connectivity index (χ2v) is 8.95. The van der Waals surface area contributed by atoms with E-state index in [1.54, 1.807) is 24.4 Å². The lowest BCUT2D eigenvalue weighted by atomic mass is 10.0. The molecule has 0 bridgehead atoms. The topological polar surface area (TPSA) is 86.8 Å². The standard InChI is InChI=1S/C23H24N2O5S/c1-15-9-11-20(18-7-4-6-17(15)18)30-23-19(8-5-13-24-23)25-31(26,27)16-10-12-21(28-2)22(14-16)29-3/h5,8-14,25H,4,6-7H2,1-3H3. The quantitative estimate of drug-likeness (QED) is 0.583. The molecule has 0 spiro atoms. The highest BCUT2D eigenvalue weighted by molar-refractivity contribution is 7.92. The van der Waals surface area contributed by atoms with Gasteiger partial charge in [-0.15, -0.1) is 0 Å². The molecule has 1 aliphatic rings. The van der Waals surface area contributed by atoms with Crippen molar-refractivity contribution < 1.29 is 22.6 Å². The van der Waals surface area contributed by atoms with Gasteiger partial charge in [-0.25, -0.2) is 13.4 Å². The molecule has 31 heavy (non-hydrogen) atoms. The summed E-state index contributed by atoms with van der Waals surface area (Å²) in [5.41, 5.74) is 3.97. The van der Waals surface area contributed by atoms with Crippen LogP contribution in [0.2, 0.25) is 0 Å². The molecule has 2 aromatic carbocycles. The van der Waals surface area contributed by atoms with Crippen LogP contribution in [0.5, 0.6) is 23.1 Å². The number of nitrogens with zero attached hydrogens (tertiary/aromatic N) is 1. The molecule has 0 saturated heterocycles. The minimum Gasteiger partial charge on any atom is -0.493 e. The Morgan fingerprint density at radius 2 is 1.68 bits per heavy atom. The van der Waals surface area contributed by atoms with Crippen LogP contribution in [-0.4, -0.2) is 27.6 Å². The van der Waals surface area contributed by atoms with Gasteiger partial charge in [0.1, 0.15) is 11.4 Å². The number of hydrogen-bond donors (Lipinski definition) is 1. The normalized spacial score (nSPS) is 12.9. The Balaban J connectivity index is 1.65. The molecule has 0 saturated carbocycles. The van der Waals surface area contributed by atoms with Crippen molar-refractivity contribution in [3.63, 3.8) is 0 Å². The molecule has 1 aliphatic carbocycles. The molecule has 0 radical (unpaired) electrons. The van der Waals surface area contributed by atoms with Crippen molar-refractivity contribution >= 4 is 15.7 Å². The minimum absolute atomic E-state index is 0.0381. The zero-order valence-corrected chi connectivity index (χ0v) is 18.5. The molecule has 1 aromatic heterocycles. The van der Waals surface area contributed by atoms with Gasteiger partial charge in [-0.1, -0.05) is 6.07 Å². The Hall–Kier alpha value is -3.26. The van der Waals surface area contributed by atoms with Crippen molar-refractivity contribution in [2.24, 2.45) is 0 Å². The van der Waals surface area contributed by atoms with Crippen LogP contribution in [0, 0.1) is 6.92 Å². The molecule has 0 atom stereocenters. The summed E-state index contributed by atoms with van der Waals surface area (Å²) in [5.74, 6) is 1.68. The van der Waals surface area contributed by atoms with Gasteiger partial charge in [-0.05, 0) is 73.2 Å². The van der Waals surface area contributed by atoms with Gasteiger partial charge in [0.15, 0.2) is 11.5 Å². The van der Waals surface area contributed by atoms with Crippen molar-refractivity contribution in [1.29, 1.82) is 0 Å². The van der Waals surface area contributed by atoms with Crippen LogP contribution in [0.1, 0.15) is 23.1 Å². The van der Waals surface area contributed by atoms with E-state index in [1.807, 2.05) is 12.1 Å². The van der Waals surface area contributed by atoms with E-state index in [0.717, 1.165) is 19.3 Å². The first-order chi connectivity index (χ1) is 14.9. The number of benzene rings is 2. The van der Waals surface area contributed by atoms with Crippen LogP contribution in [0.25, 0.3) is 0 Å². The zero-order valence-electron chi connectivity index (χ0n) is 17.6. The summed E-state index contributed by atoms with van der Waals surface area (Å²) < 4.78 is 45.1. The number of aryl methyl sites for hydroxylation is 1. The highest BCUT2D eigenvalue weighted by atomic mass is 32.2. The molecule has 3 aromatic rings. The van der Waals surface area contributed by atoms with E-state index in [0.29, 0.717) is 17.2 Å². The van der Waals surface area contributed by atoms with Crippen LogP contribution in [0.15, 0.2) is 53.6 Å². The third-order valence-electron chi connectivity index (χ3n) is 5.36. The van der Waals surface area contributed by atoms with Gasteiger partial charge in [0, 0.05) is 12.3 Å². The van der Waals surface area contributed by atoms with Gasteiger partial charge in [0.2, 0.25) is 5.88 Å². The summed E-state index contributed by atoms with van der Waals surface area (Å²) in [7, 11) is -0.965. The lowest BCUT2D eigenvalue weighted by molar-refractivity contribution is 0.354. The Kier molecular flexibility index (Phi) is 5.73. The Morgan fingerprint density at radius 3 is 2.45 bits per heavy atom. The first-order valence-electron chi connectivity index (χ1n) is 9.92. The third kappa shape index (κ3) is 4.16. The number of hydrogen-bond acceptors (Lipinski definition) is 6. The molecule has 4 rings (SSSR count). The molecule has 8 heteroatoms. The molecular weight excluding hydrogens is 416 g/mol. The fourth-order valence-electron chi connectivity index (χ4n) is 3.79. The van der Waals surface area contributed by atoms with Crippen molar-refractivity contribution in [3.8, 4) is 23.1 Å². The van der Waals surface area contributed by atoms with E-state index >= 15 is 0 Å². The molecule has 0 unspecified atom stereocenters. The number of rotatable bonds is 7. The average Bonchev–Trinajstić information content (AvgIpc) is 3.27. The predicted molar refractivity (Wildman–Crippen MR) is 118 cm³/mol. The third-order valence-corrected chi connectivity index (χ3v) is 6.73. The summed E-state index contributed by atoms with van der Waals surface area (Å²) in [6, 6.07) is 11.6. The zero-order chi connectivity index (χ0) is 22.0. The SMILES string of the molecule is COc1ccc(S(=O)(=O)Nc2cccnc2Oc2ccc(C)c3c2CCC3)cc1OC. The number of aromatic nitrogens is 1. The minimum atomic E-state index is -3.91. The summed E-state index contributed by atoms with van der Waals surface area (Å²) in [4.78, 5) is 4.31. The van der Waals surface area contributed by atoms with Gasteiger partial charge < -0.3 is 14.2 Å². The number of fused-ring (bicyclic) bond motifs is 1. The lowest BCUT2D eigenvalue weighted by Gasteiger charge is -2.15. The highest BCUT2D eigenvalue weighted by Gasteiger charge is 2.22. The largest absolute Gasteiger partial charge is 0.493 e. The monoisotopic (exact) mass is 440 g/mol. The molecular formula is C23H24N2O5S.